The van der Waals surface area contributed by atoms with Gasteiger partial charge in [0.05, 0.1) is 0 Å². The summed E-state index contributed by atoms with van der Waals surface area (Å²) in [7, 11) is 0. The smallest absolute Gasteiger partial charge is 0.0393 e. The number of anilines is 1. The Morgan fingerprint density at radius 2 is 1.38 bits per heavy atom. The molecule has 0 aliphatic rings. The second-order valence-electron chi connectivity index (χ2n) is 4.34. The highest BCUT2D eigenvalue weighted by Gasteiger charge is 2.06. The minimum absolute atomic E-state index is 0.842. The van der Waals surface area contributed by atoms with Gasteiger partial charge in [0.25, 0.3) is 0 Å². The van der Waals surface area contributed by atoms with Crippen LogP contribution in [0.5, 0.6) is 0 Å². The largest absolute Gasteiger partial charge is 0.398 e. The van der Waals surface area contributed by atoms with Crippen molar-refractivity contribution in [3.63, 3.8) is 0 Å². The minimum atomic E-state index is 0.842. The summed E-state index contributed by atoms with van der Waals surface area (Å²) >= 11 is 0. The maximum Gasteiger partial charge on any atom is 0.0393 e. The molecule has 2 aromatic rings. The van der Waals surface area contributed by atoms with Gasteiger partial charge in [-0.15, -0.1) is 0 Å². The van der Waals surface area contributed by atoms with Crippen LogP contribution >= 0.6 is 0 Å². The fraction of sp³-hybridized carbons (Fsp3) is 0.200. The third-order valence-electron chi connectivity index (χ3n) is 3.09. The van der Waals surface area contributed by atoms with Crippen molar-refractivity contribution < 1.29 is 0 Å². The summed E-state index contributed by atoms with van der Waals surface area (Å²) in [5.41, 5.74) is 13.1. The van der Waals surface area contributed by atoms with Crippen molar-refractivity contribution in [1.29, 1.82) is 0 Å². The van der Waals surface area contributed by atoms with Crippen LogP contribution in [0.15, 0.2) is 36.4 Å². The molecule has 82 valence electrons. The van der Waals surface area contributed by atoms with Crippen LogP contribution in [0.3, 0.4) is 0 Å². The predicted molar refractivity (Wildman–Crippen MR) is 70.5 cm³/mol. The first kappa shape index (κ1) is 10.7. The molecule has 0 heterocycles. The van der Waals surface area contributed by atoms with E-state index < -0.39 is 0 Å². The average molecular weight is 211 g/mol. The molecular formula is C15H17N. The molecule has 0 fully saturated rings. The minimum Gasteiger partial charge on any atom is -0.398 e. The highest BCUT2D eigenvalue weighted by Crippen LogP contribution is 2.30. The Bertz CT molecular complexity index is 527. The first-order valence-electron chi connectivity index (χ1n) is 5.52. The second kappa shape index (κ2) is 4.01. The Labute approximate surface area is 96.9 Å². The zero-order valence-corrected chi connectivity index (χ0v) is 10.0. The van der Waals surface area contributed by atoms with Gasteiger partial charge in [-0.2, -0.15) is 0 Å². The van der Waals surface area contributed by atoms with Crippen LogP contribution in [0, 0.1) is 20.8 Å². The third kappa shape index (κ3) is 1.81. The number of nitrogen functional groups attached to an aromatic ring is 1. The van der Waals surface area contributed by atoms with Gasteiger partial charge in [-0.05, 0) is 49.1 Å². The molecule has 0 atom stereocenters. The number of para-hydroxylation sites is 1. The van der Waals surface area contributed by atoms with E-state index in [9.17, 15) is 0 Å². The van der Waals surface area contributed by atoms with E-state index in [2.05, 4.69) is 39.0 Å². The number of benzene rings is 2. The van der Waals surface area contributed by atoms with Gasteiger partial charge < -0.3 is 5.73 Å². The summed E-state index contributed by atoms with van der Waals surface area (Å²) in [4.78, 5) is 0. The number of hydrogen-bond donors (Lipinski definition) is 1. The SMILES string of the molecule is Cc1cc(C)c(-c2ccccc2N)cc1C. The molecule has 0 spiro atoms. The third-order valence-corrected chi connectivity index (χ3v) is 3.09. The molecule has 0 aliphatic carbocycles. The molecular weight excluding hydrogens is 194 g/mol. The van der Waals surface area contributed by atoms with Crippen molar-refractivity contribution >= 4 is 5.69 Å². The van der Waals surface area contributed by atoms with Crippen molar-refractivity contribution in [3.8, 4) is 11.1 Å². The van der Waals surface area contributed by atoms with E-state index in [0.717, 1.165) is 11.3 Å². The van der Waals surface area contributed by atoms with Crippen LogP contribution in [-0.2, 0) is 0 Å². The molecule has 1 heteroatoms. The van der Waals surface area contributed by atoms with Crippen molar-refractivity contribution in [2.75, 3.05) is 5.73 Å². The Balaban J connectivity index is 2.65. The zero-order valence-electron chi connectivity index (χ0n) is 10.0. The molecule has 0 aromatic heterocycles. The van der Waals surface area contributed by atoms with Gasteiger partial charge in [-0.3, -0.25) is 0 Å². The predicted octanol–water partition coefficient (Wildman–Crippen LogP) is 3.86. The molecule has 0 saturated carbocycles. The summed E-state index contributed by atoms with van der Waals surface area (Å²) < 4.78 is 0. The van der Waals surface area contributed by atoms with E-state index in [0.29, 0.717) is 0 Å². The lowest BCUT2D eigenvalue weighted by Crippen LogP contribution is -1.93. The fourth-order valence-corrected chi connectivity index (χ4v) is 1.99. The lowest BCUT2D eigenvalue weighted by Gasteiger charge is -2.11. The quantitative estimate of drug-likeness (QED) is 0.712. The van der Waals surface area contributed by atoms with Gasteiger partial charge in [-0.25, -0.2) is 0 Å². The molecule has 0 bridgehead atoms. The Hall–Kier alpha value is -1.76. The van der Waals surface area contributed by atoms with Crippen molar-refractivity contribution in [2.24, 2.45) is 0 Å². The molecule has 0 radical (unpaired) electrons. The monoisotopic (exact) mass is 211 g/mol. The zero-order chi connectivity index (χ0) is 11.7. The molecule has 16 heavy (non-hydrogen) atoms. The van der Waals surface area contributed by atoms with Crippen LogP contribution in [0.2, 0.25) is 0 Å². The van der Waals surface area contributed by atoms with Crippen LogP contribution in [-0.4, -0.2) is 0 Å². The van der Waals surface area contributed by atoms with Crippen LogP contribution in [0.25, 0.3) is 11.1 Å². The van der Waals surface area contributed by atoms with E-state index in [1.807, 2.05) is 18.2 Å². The van der Waals surface area contributed by atoms with Crippen molar-refractivity contribution in [3.05, 3.63) is 53.1 Å². The van der Waals surface area contributed by atoms with E-state index in [1.165, 1.54) is 22.3 Å². The molecule has 0 amide bonds. The lowest BCUT2D eigenvalue weighted by atomic mass is 9.95. The number of aryl methyl sites for hydroxylation is 3. The average Bonchev–Trinajstić information content (AvgIpc) is 2.25. The van der Waals surface area contributed by atoms with Gasteiger partial charge in [0.2, 0.25) is 0 Å². The summed E-state index contributed by atoms with van der Waals surface area (Å²) in [6.07, 6.45) is 0. The number of rotatable bonds is 1. The normalized spacial score (nSPS) is 10.4. The Kier molecular flexibility index (Phi) is 2.69. The standard InChI is InChI=1S/C15H17N/c1-10-8-12(3)14(9-11(10)2)13-6-4-5-7-15(13)16/h4-9H,16H2,1-3H3. The molecule has 0 aliphatic heterocycles. The van der Waals surface area contributed by atoms with E-state index in [-0.39, 0.29) is 0 Å². The number of hydrogen-bond acceptors (Lipinski definition) is 1. The van der Waals surface area contributed by atoms with E-state index in [4.69, 9.17) is 5.73 Å². The van der Waals surface area contributed by atoms with E-state index in [1.54, 1.807) is 0 Å². The molecule has 0 saturated heterocycles. The highest BCUT2D eigenvalue weighted by molar-refractivity contribution is 5.79. The maximum atomic E-state index is 6.01. The summed E-state index contributed by atoms with van der Waals surface area (Å²) in [6, 6.07) is 12.5. The van der Waals surface area contributed by atoms with Gasteiger partial charge in [0.1, 0.15) is 0 Å². The van der Waals surface area contributed by atoms with E-state index >= 15 is 0 Å². The fourth-order valence-electron chi connectivity index (χ4n) is 1.99. The summed E-state index contributed by atoms with van der Waals surface area (Å²) in [5.74, 6) is 0. The van der Waals surface area contributed by atoms with Crippen LogP contribution in [0.1, 0.15) is 16.7 Å². The van der Waals surface area contributed by atoms with Crippen molar-refractivity contribution in [1.82, 2.24) is 0 Å². The summed E-state index contributed by atoms with van der Waals surface area (Å²) in [5, 5.41) is 0. The first-order valence-corrected chi connectivity index (χ1v) is 5.52. The lowest BCUT2D eigenvalue weighted by molar-refractivity contribution is 1.30. The first-order chi connectivity index (χ1) is 7.59. The van der Waals surface area contributed by atoms with Gasteiger partial charge in [0, 0.05) is 11.3 Å². The maximum absolute atomic E-state index is 6.01. The van der Waals surface area contributed by atoms with Crippen LogP contribution in [0.4, 0.5) is 5.69 Å². The summed E-state index contributed by atoms with van der Waals surface area (Å²) in [6.45, 7) is 6.41. The molecule has 2 rings (SSSR count). The van der Waals surface area contributed by atoms with Crippen LogP contribution < -0.4 is 5.73 Å². The molecule has 2 aromatic carbocycles. The Morgan fingerprint density at radius 3 is 2.06 bits per heavy atom. The molecule has 1 nitrogen and oxygen atoms in total. The second-order valence-corrected chi connectivity index (χ2v) is 4.34. The van der Waals surface area contributed by atoms with Crippen molar-refractivity contribution in [2.45, 2.75) is 20.8 Å². The molecule has 0 unspecified atom stereocenters. The highest BCUT2D eigenvalue weighted by atomic mass is 14.6. The van der Waals surface area contributed by atoms with Gasteiger partial charge in [0.15, 0.2) is 0 Å². The van der Waals surface area contributed by atoms with Gasteiger partial charge in [-0.1, -0.05) is 30.3 Å². The topological polar surface area (TPSA) is 26.0 Å². The van der Waals surface area contributed by atoms with Gasteiger partial charge >= 0.3 is 0 Å². The molecule has 2 N–H and O–H groups in total. The Morgan fingerprint density at radius 1 is 0.750 bits per heavy atom. The number of nitrogens with two attached hydrogens (primary N) is 1.